The lowest BCUT2D eigenvalue weighted by atomic mass is 9.96. The number of rotatable bonds is 7. The van der Waals surface area contributed by atoms with Gasteiger partial charge in [-0.2, -0.15) is 0 Å². The van der Waals surface area contributed by atoms with Crippen molar-refractivity contribution in [1.29, 1.82) is 0 Å². The quantitative estimate of drug-likeness (QED) is 0.518. The Hall–Kier alpha value is -2.38. The molecule has 3 aromatic rings. The second-order valence-corrected chi connectivity index (χ2v) is 10.1. The number of nitrogens with one attached hydrogen (secondary N) is 1. The molecule has 0 atom stereocenters. The summed E-state index contributed by atoms with van der Waals surface area (Å²) < 4.78 is 0. The predicted molar refractivity (Wildman–Crippen MR) is 128 cm³/mol. The van der Waals surface area contributed by atoms with Crippen LogP contribution in [-0.2, 0) is 11.2 Å². The van der Waals surface area contributed by atoms with E-state index in [4.69, 9.17) is 0 Å². The molecule has 1 saturated heterocycles. The highest BCUT2D eigenvalue weighted by atomic mass is 32.2. The van der Waals surface area contributed by atoms with Crippen molar-refractivity contribution in [2.75, 3.05) is 24.5 Å². The number of aryl methyl sites for hydroxylation is 2. The van der Waals surface area contributed by atoms with Crippen molar-refractivity contribution < 1.29 is 4.79 Å². The maximum absolute atomic E-state index is 12.5. The fraction of sp³-hybridized carbons (Fsp3) is 0.375. The van der Waals surface area contributed by atoms with E-state index in [1.54, 1.807) is 29.4 Å². The molecule has 162 valence electrons. The summed E-state index contributed by atoms with van der Waals surface area (Å²) in [5, 5.41) is 6.14. The first kappa shape index (κ1) is 21.8. The van der Waals surface area contributed by atoms with Crippen molar-refractivity contribution in [3.63, 3.8) is 0 Å². The van der Waals surface area contributed by atoms with Crippen molar-refractivity contribution in [2.24, 2.45) is 5.92 Å². The van der Waals surface area contributed by atoms with Crippen LogP contribution in [0.1, 0.15) is 28.8 Å². The van der Waals surface area contributed by atoms with Gasteiger partial charge in [-0.3, -0.25) is 4.79 Å². The summed E-state index contributed by atoms with van der Waals surface area (Å²) in [6, 6.07) is 12.7. The van der Waals surface area contributed by atoms with Crippen LogP contribution < -0.4 is 10.2 Å². The van der Waals surface area contributed by atoms with Gasteiger partial charge in [-0.05, 0) is 61.7 Å². The molecule has 0 unspecified atom stereocenters. The molecular formula is C24H28N4OS2. The number of hydrogen-bond acceptors (Lipinski definition) is 6. The lowest BCUT2D eigenvalue weighted by molar-refractivity contribution is -0.125. The molecule has 0 aliphatic carbocycles. The van der Waals surface area contributed by atoms with E-state index in [0.29, 0.717) is 6.54 Å². The molecule has 1 N–H and O–H groups in total. The molecule has 1 aromatic carbocycles. The highest BCUT2D eigenvalue weighted by Gasteiger charge is 2.25. The van der Waals surface area contributed by atoms with Crippen molar-refractivity contribution in [3.05, 3.63) is 64.1 Å². The predicted octanol–water partition coefficient (Wildman–Crippen LogP) is 4.88. The molecule has 3 heterocycles. The normalized spacial score (nSPS) is 14.6. The van der Waals surface area contributed by atoms with E-state index in [-0.39, 0.29) is 11.8 Å². The fourth-order valence-electron chi connectivity index (χ4n) is 3.77. The van der Waals surface area contributed by atoms with Crippen LogP contribution in [0.3, 0.4) is 0 Å². The molecule has 0 radical (unpaired) electrons. The maximum Gasteiger partial charge on any atom is 0.223 e. The van der Waals surface area contributed by atoms with Gasteiger partial charge in [0.05, 0.1) is 0 Å². The standard InChI is InChI=1S/C24H28N4OS2/c1-17-5-6-18(2)21(14-17)31-23-15-22(26-16-27-23)28-11-8-19(9-12-28)24(29)25-10-7-20-4-3-13-30-20/h3-6,13-16,19H,7-12H2,1-2H3,(H,25,29). The summed E-state index contributed by atoms with van der Waals surface area (Å²) in [7, 11) is 0. The second-order valence-electron chi connectivity index (χ2n) is 7.97. The molecule has 0 bridgehead atoms. The van der Waals surface area contributed by atoms with E-state index >= 15 is 0 Å². The Bertz CT molecular complexity index is 1010. The second kappa shape index (κ2) is 10.3. The van der Waals surface area contributed by atoms with E-state index in [2.05, 4.69) is 75.8 Å². The SMILES string of the molecule is Cc1ccc(C)c(Sc2cc(N3CCC(C(=O)NCCc4cccs4)CC3)ncn2)c1. The molecule has 7 heteroatoms. The monoisotopic (exact) mass is 452 g/mol. The molecule has 1 amide bonds. The average molecular weight is 453 g/mol. The Labute approximate surface area is 192 Å². The molecule has 1 fully saturated rings. The number of hydrogen-bond donors (Lipinski definition) is 1. The molecule has 5 nitrogen and oxygen atoms in total. The summed E-state index contributed by atoms with van der Waals surface area (Å²) in [6.45, 7) is 6.63. The van der Waals surface area contributed by atoms with Crippen LogP contribution in [0.4, 0.5) is 5.82 Å². The Morgan fingerprint density at radius 1 is 1.19 bits per heavy atom. The van der Waals surface area contributed by atoms with Gasteiger partial charge in [-0.25, -0.2) is 9.97 Å². The summed E-state index contributed by atoms with van der Waals surface area (Å²) in [6.07, 6.45) is 4.26. The number of carbonyl (C=O) groups excluding carboxylic acids is 1. The summed E-state index contributed by atoms with van der Waals surface area (Å²) in [5.74, 6) is 1.22. The molecule has 4 rings (SSSR count). The summed E-state index contributed by atoms with van der Waals surface area (Å²) in [4.78, 5) is 26.3. The summed E-state index contributed by atoms with van der Waals surface area (Å²) in [5.41, 5.74) is 2.50. The van der Waals surface area contributed by atoms with Crippen molar-refractivity contribution in [3.8, 4) is 0 Å². The molecule has 1 aliphatic rings. The first-order valence-electron chi connectivity index (χ1n) is 10.7. The van der Waals surface area contributed by atoms with Crippen LogP contribution in [0.5, 0.6) is 0 Å². The Kier molecular flexibility index (Phi) is 7.25. The Morgan fingerprint density at radius 2 is 2.03 bits per heavy atom. The van der Waals surface area contributed by atoms with Gasteiger partial charge in [0.25, 0.3) is 0 Å². The smallest absolute Gasteiger partial charge is 0.223 e. The highest BCUT2D eigenvalue weighted by molar-refractivity contribution is 7.99. The first-order chi connectivity index (χ1) is 15.1. The third-order valence-electron chi connectivity index (χ3n) is 5.63. The van der Waals surface area contributed by atoms with Gasteiger partial charge in [0.15, 0.2) is 0 Å². The van der Waals surface area contributed by atoms with Crippen LogP contribution in [0.25, 0.3) is 0 Å². The van der Waals surface area contributed by atoms with Crippen LogP contribution in [0, 0.1) is 19.8 Å². The molecule has 2 aromatic heterocycles. The van der Waals surface area contributed by atoms with Crippen LogP contribution in [0.15, 0.2) is 58.0 Å². The number of anilines is 1. The van der Waals surface area contributed by atoms with Gasteiger partial charge >= 0.3 is 0 Å². The Balaban J connectivity index is 1.30. The minimum absolute atomic E-state index is 0.0882. The van der Waals surface area contributed by atoms with Gasteiger partial charge < -0.3 is 10.2 Å². The minimum atomic E-state index is 0.0882. The van der Waals surface area contributed by atoms with Crippen LogP contribution in [0.2, 0.25) is 0 Å². The van der Waals surface area contributed by atoms with Gasteiger partial charge in [-0.1, -0.05) is 30.0 Å². The van der Waals surface area contributed by atoms with Gasteiger partial charge in [-0.15, -0.1) is 11.3 Å². The van der Waals surface area contributed by atoms with E-state index in [0.717, 1.165) is 43.2 Å². The minimum Gasteiger partial charge on any atom is -0.356 e. The average Bonchev–Trinajstić information content (AvgIpc) is 3.30. The van der Waals surface area contributed by atoms with Crippen LogP contribution >= 0.6 is 23.1 Å². The largest absolute Gasteiger partial charge is 0.356 e. The first-order valence-corrected chi connectivity index (χ1v) is 12.4. The van der Waals surface area contributed by atoms with Crippen molar-refractivity contribution >= 4 is 34.8 Å². The lowest BCUT2D eigenvalue weighted by Crippen LogP contribution is -2.41. The molecule has 31 heavy (non-hydrogen) atoms. The molecule has 1 aliphatic heterocycles. The molecule has 0 saturated carbocycles. The number of carbonyl (C=O) groups is 1. The maximum atomic E-state index is 12.5. The lowest BCUT2D eigenvalue weighted by Gasteiger charge is -2.32. The van der Waals surface area contributed by atoms with Crippen molar-refractivity contribution in [1.82, 2.24) is 15.3 Å². The number of benzene rings is 1. The van der Waals surface area contributed by atoms with E-state index in [1.807, 2.05) is 0 Å². The number of nitrogens with zero attached hydrogens (tertiary/aromatic N) is 3. The van der Waals surface area contributed by atoms with Gasteiger partial charge in [0.2, 0.25) is 5.91 Å². The van der Waals surface area contributed by atoms with E-state index in [1.165, 1.54) is 20.9 Å². The third-order valence-corrected chi connectivity index (χ3v) is 7.65. The molecule has 0 spiro atoms. The van der Waals surface area contributed by atoms with Crippen molar-refractivity contribution in [2.45, 2.75) is 43.0 Å². The van der Waals surface area contributed by atoms with E-state index in [9.17, 15) is 4.79 Å². The number of aromatic nitrogens is 2. The number of amides is 1. The van der Waals surface area contributed by atoms with Gasteiger partial charge in [0.1, 0.15) is 17.2 Å². The van der Waals surface area contributed by atoms with E-state index < -0.39 is 0 Å². The topological polar surface area (TPSA) is 58.1 Å². The molecular weight excluding hydrogens is 424 g/mol. The zero-order valence-corrected chi connectivity index (χ0v) is 19.6. The number of thiophene rings is 1. The zero-order valence-electron chi connectivity index (χ0n) is 18.0. The van der Waals surface area contributed by atoms with Crippen LogP contribution in [-0.4, -0.2) is 35.5 Å². The Morgan fingerprint density at radius 3 is 2.81 bits per heavy atom. The number of piperidine rings is 1. The van der Waals surface area contributed by atoms with Gasteiger partial charge in [0, 0.05) is 41.4 Å². The third kappa shape index (κ3) is 5.86. The summed E-state index contributed by atoms with van der Waals surface area (Å²) >= 11 is 3.42. The zero-order chi connectivity index (χ0) is 21.6. The highest BCUT2D eigenvalue weighted by Crippen LogP contribution is 2.31. The fourth-order valence-corrected chi connectivity index (χ4v) is 5.44.